The number of nitrogens with zero attached hydrogens (tertiary/aromatic N) is 3. The van der Waals surface area contributed by atoms with Crippen molar-refractivity contribution in [1.29, 1.82) is 0 Å². The molecule has 3 unspecified atom stereocenters. The number of aromatic nitrogens is 2. The van der Waals surface area contributed by atoms with E-state index in [-0.39, 0.29) is 6.10 Å². The van der Waals surface area contributed by atoms with Crippen molar-refractivity contribution in [2.24, 2.45) is 0 Å². The first-order chi connectivity index (χ1) is 8.79. The summed E-state index contributed by atoms with van der Waals surface area (Å²) in [6.07, 6.45) is 3.53. The molecule has 1 aromatic rings. The third kappa shape index (κ3) is 2.06. The Morgan fingerprint density at radius 3 is 3.33 bits per heavy atom. The van der Waals surface area contributed by atoms with Crippen LogP contribution in [0.5, 0.6) is 0 Å². The highest BCUT2D eigenvalue weighted by Gasteiger charge is 2.36. The van der Waals surface area contributed by atoms with E-state index < -0.39 is 6.10 Å². The van der Waals surface area contributed by atoms with Crippen LogP contribution in [0.4, 0.5) is 0 Å². The third-order valence-corrected chi connectivity index (χ3v) is 4.12. The number of fused-ring (bicyclic) bond motifs is 1. The molecular formula is C13H21N3O2. The minimum Gasteiger partial charge on any atom is -0.384 e. The zero-order valence-corrected chi connectivity index (χ0v) is 10.8. The molecule has 1 N–H and O–H groups in total. The van der Waals surface area contributed by atoms with Gasteiger partial charge in [0, 0.05) is 25.3 Å². The lowest BCUT2D eigenvalue weighted by Crippen LogP contribution is -2.48. The summed E-state index contributed by atoms with van der Waals surface area (Å²) in [6, 6.07) is 2.46. The fourth-order valence-electron chi connectivity index (χ4n) is 3.08. The molecule has 0 saturated carbocycles. The number of hydrogen-bond donors (Lipinski definition) is 1. The van der Waals surface area contributed by atoms with Gasteiger partial charge in [-0.1, -0.05) is 0 Å². The maximum Gasteiger partial charge on any atom is 0.123 e. The van der Waals surface area contributed by atoms with Crippen LogP contribution in [0.2, 0.25) is 0 Å². The monoisotopic (exact) mass is 251 g/mol. The van der Waals surface area contributed by atoms with E-state index >= 15 is 0 Å². The highest BCUT2D eigenvalue weighted by molar-refractivity contribution is 5.07. The van der Waals surface area contributed by atoms with E-state index in [1.165, 1.54) is 12.8 Å². The molecule has 2 aliphatic rings. The summed E-state index contributed by atoms with van der Waals surface area (Å²) in [6.45, 7) is 5.53. The Morgan fingerprint density at radius 2 is 2.50 bits per heavy atom. The van der Waals surface area contributed by atoms with Crippen molar-refractivity contribution in [3.05, 3.63) is 18.0 Å². The standard InChI is InChI=1S/C13H21N3O2/c1-2-16-11(5-6-14-16)13(17)12-8-15-7-3-4-10(15)9-18-12/h5-6,10,12-13,17H,2-4,7-9H2,1H3. The molecule has 0 amide bonds. The predicted octanol–water partition coefficient (Wildman–Crippen LogP) is 0.800. The first-order valence-corrected chi connectivity index (χ1v) is 6.85. The Balaban J connectivity index is 1.71. The molecule has 0 bridgehead atoms. The van der Waals surface area contributed by atoms with Gasteiger partial charge in [-0.2, -0.15) is 5.10 Å². The van der Waals surface area contributed by atoms with Gasteiger partial charge < -0.3 is 9.84 Å². The molecule has 2 fully saturated rings. The van der Waals surface area contributed by atoms with Gasteiger partial charge >= 0.3 is 0 Å². The molecule has 0 aromatic carbocycles. The predicted molar refractivity (Wildman–Crippen MR) is 67.2 cm³/mol. The van der Waals surface area contributed by atoms with Crippen LogP contribution in [0.25, 0.3) is 0 Å². The van der Waals surface area contributed by atoms with Crippen molar-refractivity contribution in [2.45, 2.75) is 44.6 Å². The van der Waals surface area contributed by atoms with Crippen molar-refractivity contribution in [3.63, 3.8) is 0 Å². The lowest BCUT2D eigenvalue weighted by Gasteiger charge is -2.37. The molecule has 2 saturated heterocycles. The van der Waals surface area contributed by atoms with Crippen molar-refractivity contribution >= 4 is 0 Å². The topological polar surface area (TPSA) is 50.5 Å². The fraction of sp³-hybridized carbons (Fsp3) is 0.769. The molecule has 2 aliphatic heterocycles. The van der Waals surface area contributed by atoms with E-state index in [1.807, 2.05) is 17.7 Å². The average Bonchev–Trinajstić information content (AvgIpc) is 3.05. The molecule has 3 heterocycles. The van der Waals surface area contributed by atoms with Crippen LogP contribution in [0.1, 0.15) is 31.6 Å². The van der Waals surface area contributed by atoms with Gasteiger partial charge in [-0.05, 0) is 32.4 Å². The second kappa shape index (κ2) is 4.99. The van der Waals surface area contributed by atoms with Crippen molar-refractivity contribution < 1.29 is 9.84 Å². The Morgan fingerprint density at radius 1 is 1.61 bits per heavy atom. The first kappa shape index (κ1) is 12.1. The van der Waals surface area contributed by atoms with E-state index in [4.69, 9.17) is 4.74 Å². The van der Waals surface area contributed by atoms with Gasteiger partial charge in [0.15, 0.2) is 0 Å². The molecule has 1 aromatic heterocycles. The minimum absolute atomic E-state index is 0.124. The van der Waals surface area contributed by atoms with Gasteiger partial charge in [-0.15, -0.1) is 0 Å². The molecule has 18 heavy (non-hydrogen) atoms. The Hall–Kier alpha value is -0.910. The maximum absolute atomic E-state index is 10.5. The number of aryl methyl sites for hydroxylation is 1. The van der Waals surface area contributed by atoms with Crippen LogP contribution in [0, 0.1) is 0 Å². The van der Waals surface area contributed by atoms with E-state index in [9.17, 15) is 5.11 Å². The Bertz CT molecular complexity index is 407. The molecule has 3 atom stereocenters. The number of rotatable bonds is 3. The number of morpholine rings is 1. The van der Waals surface area contributed by atoms with Crippen molar-refractivity contribution in [1.82, 2.24) is 14.7 Å². The largest absolute Gasteiger partial charge is 0.384 e. The summed E-state index contributed by atoms with van der Waals surface area (Å²) in [5.41, 5.74) is 0.861. The van der Waals surface area contributed by atoms with Gasteiger partial charge in [0.25, 0.3) is 0 Å². The van der Waals surface area contributed by atoms with E-state index in [2.05, 4.69) is 10.00 Å². The molecular weight excluding hydrogens is 230 g/mol. The van der Waals surface area contributed by atoms with Gasteiger partial charge in [0.1, 0.15) is 12.2 Å². The van der Waals surface area contributed by atoms with Crippen LogP contribution in [-0.2, 0) is 11.3 Å². The molecule has 0 radical (unpaired) electrons. The maximum atomic E-state index is 10.5. The Labute approximate surface area is 107 Å². The lowest BCUT2D eigenvalue weighted by atomic mass is 10.1. The number of ether oxygens (including phenoxy) is 1. The quantitative estimate of drug-likeness (QED) is 0.863. The van der Waals surface area contributed by atoms with Gasteiger partial charge in [0.05, 0.1) is 12.3 Å². The molecule has 5 nitrogen and oxygen atoms in total. The first-order valence-electron chi connectivity index (χ1n) is 6.85. The average molecular weight is 251 g/mol. The number of aliphatic hydroxyl groups excluding tert-OH is 1. The lowest BCUT2D eigenvalue weighted by molar-refractivity contribution is -0.105. The third-order valence-electron chi connectivity index (χ3n) is 4.12. The summed E-state index contributed by atoms with van der Waals surface area (Å²) in [7, 11) is 0. The molecule has 0 aliphatic carbocycles. The van der Waals surface area contributed by atoms with Crippen LogP contribution >= 0.6 is 0 Å². The number of hydrogen-bond acceptors (Lipinski definition) is 4. The van der Waals surface area contributed by atoms with Crippen LogP contribution in [0.15, 0.2) is 12.3 Å². The summed E-state index contributed by atoms with van der Waals surface area (Å²) < 4.78 is 7.68. The van der Waals surface area contributed by atoms with Gasteiger partial charge in [-0.3, -0.25) is 9.58 Å². The fourth-order valence-corrected chi connectivity index (χ4v) is 3.08. The van der Waals surface area contributed by atoms with Crippen LogP contribution in [0.3, 0.4) is 0 Å². The van der Waals surface area contributed by atoms with Gasteiger partial charge in [-0.25, -0.2) is 0 Å². The zero-order valence-electron chi connectivity index (χ0n) is 10.8. The molecule has 5 heteroatoms. The molecule has 0 spiro atoms. The highest BCUT2D eigenvalue weighted by Crippen LogP contribution is 2.28. The summed E-state index contributed by atoms with van der Waals surface area (Å²) in [5, 5.41) is 14.7. The minimum atomic E-state index is -0.575. The van der Waals surface area contributed by atoms with Crippen molar-refractivity contribution in [3.8, 4) is 0 Å². The summed E-state index contributed by atoms with van der Waals surface area (Å²) >= 11 is 0. The zero-order chi connectivity index (χ0) is 12.5. The number of aliphatic hydroxyl groups is 1. The summed E-state index contributed by atoms with van der Waals surface area (Å²) in [4.78, 5) is 2.45. The normalized spacial score (nSPS) is 30.3. The van der Waals surface area contributed by atoms with Crippen LogP contribution < -0.4 is 0 Å². The Kier molecular flexibility index (Phi) is 3.37. The smallest absolute Gasteiger partial charge is 0.123 e. The second-order valence-electron chi connectivity index (χ2n) is 5.18. The molecule has 3 rings (SSSR count). The van der Waals surface area contributed by atoms with E-state index in [1.54, 1.807) is 6.20 Å². The second-order valence-corrected chi connectivity index (χ2v) is 5.18. The molecule has 100 valence electrons. The summed E-state index contributed by atoms with van der Waals surface area (Å²) in [5.74, 6) is 0. The van der Waals surface area contributed by atoms with Gasteiger partial charge in [0.2, 0.25) is 0 Å². The van der Waals surface area contributed by atoms with Crippen molar-refractivity contribution in [2.75, 3.05) is 19.7 Å². The van der Waals surface area contributed by atoms with E-state index in [0.717, 1.165) is 31.9 Å². The van der Waals surface area contributed by atoms with E-state index in [0.29, 0.717) is 6.04 Å². The highest BCUT2D eigenvalue weighted by atomic mass is 16.5. The SMILES string of the molecule is CCn1nccc1C(O)C1CN2CCCC2CO1. The van der Waals surface area contributed by atoms with Crippen LogP contribution in [-0.4, -0.2) is 51.6 Å².